The maximum Gasteiger partial charge on any atom is 0.365 e. The number of hydrazone groups is 1. The van der Waals surface area contributed by atoms with Crippen LogP contribution in [-0.4, -0.2) is 40.0 Å². The molecule has 1 heterocycles. The summed E-state index contributed by atoms with van der Waals surface area (Å²) in [6.45, 7) is 0. The standard InChI is InChI=1S/C19H18ClN5O3S/c1-25-16(12-7-9-15(27-2)10-8-12)22-24-19(25)29-17(18(26)28-3)23-21-14-6-4-5-13(20)11-14/h4-11,21H,1-3H3. The van der Waals surface area contributed by atoms with E-state index in [9.17, 15) is 4.79 Å². The second-order valence-corrected chi connectivity index (χ2v) is 7.12. The van der Waals surface area contributed by atoms with Gasteiger partial charge in [0.25, 0.3) is 0 Å². The number of carbonyl (C=O) groups excluding carboxylic acids is 1. The lowest BCUT2D eigenvalue weighted by atomic mass is 10.2. The zero-order valence-electron chi connectivity index (χ0n) is 15.9. The fourth-order valence-corrected chi connectivity index (χ4v) is 3.28. The Hall–Kier alpha value is -3.04. The van der Waals surface area contributed by atoms with E-state index in [-0.39, 0.29) is 5.04 Å². The van der Waals surface area contributed by atoms with Crippen molar-refractivity contribution in [2.24, 2.45) is 12.1 Å². The molecule has 0 spiro atoms. The van der Waals surface area contributed by atoms with Gasteiger partial charge < -0.3 is 14.0 Å². The van der Waals surface area contributed by atoms with Gasteiger partial charge in [0.2, 0.25) is 5.04 Å². The normalized spacial score (nSPS) is 11.2. The molecule has 3 rings (SSSR count). The smallest absolute Gasteiger partial charge is 0.365 e. The molecule has 0 saturated heterocycles. The summed E-state index contributed by atoms with van der Waals surface area (Å²) >= 11 is 7.01. The molecule has 8 nitrogen and oxygen atoms in total. The number of hydrogen-bond donors (Lipinski definition) is 1. The second-order valence-electron chi connectivity index (χ2n) is 5.73. The Kier molecular flexibility index (Phi) is 6.73. The van der Waals surface area contributed by atoms with Gasteiger partial charge >= 0.3 is 5.97 Å². The van der Waals surface area contributed by atoms with Crippen LogP contribution < -0.4 is 10.2 Å². The molecular weight excluding hydrogens is 414 g/mol. The molecule has 0 fully saturated rings. The molecule has 0 aliphatic carbocycles. The Morgan fingerprint density at radius 2 is 1.93 bits per heavy atom. The van der Waals surface area contributed by atoms with Crippen LogP contribution >= 0.6 is 23.4 Å². The molecule has 0 atom stereocenters. The van der Waals surface area contributed by atoms with Crippen molar-refractivity contribution in [2.75, 3.05) is 19.6 Å². The molecule has 2 aromatic carbocycles. The minimum atomic E-state index is -0.599. The van der Waals surface area contributed by atoms with Crippen molar-refractivity contribution in [3.8, 4) is 17.1 Å². The highest BCUT2D eigenvalue weighted by molar-refractivity contribution is 8.15. The molecule has 10 heteroatoms. The maximum atomic E-state index is 12.2. The Bertz CT molecular complexity index is 1040. The molecule has 0 aliphatic heterocycles. The Balaban J connectivity index is 1.83. The van der Waals surface area contributed by atoms with E-state index in [1.54, 1.807) is 43.0 Å². The lowest BCUT2D eigenvalue weighted by molar-refractivity contribution is -0.132. The first-order valence-electron chi connectivity index (χ1n) is 8.41. The second kappa shape index (κ2) is 9.44. The number of nitrogens with one attached hydrogen (secondary N) is 1. The predicted octanol–water partition coefficient (Wildman–Crippen LogP) is 3.83. The molecule has 0 amide bonds. The highest BCUT2D eigenvalue weighted by Gasteiger charge is 2.20. The van der Waals surface area contributed by atoms with Crippen LogP contribution in [0.1, 0.15) is 0 Å². The number of rotatable bonds is 5. The van der Waals surface area contributed by atoms with Gasteiger partial charge in [0, 0.05) is 17.6 Å². The first-order chi connectivity index (χ1) is 14.0. The lowest BCUT2D eigenvalue weighted by Crippen LogP contribution is -2.15. The highest BCUT2D eigenvalue weighted by Crippen LogP contribution is 2.25. The first kappa shape index (κ1) is 20.7. The van der Waals surface area contributed by atoms with E-state index >= 15 is 0 Å². The third-order valence-corrected chi connectivity index (χ3v) is 5.07. The average Bonchev–Trinajstić information content (AvgIpc) is 3.10. The van der Waals surface area contributed by atoms with E-state index in [0.717, 1.165) is 23.1 Å². The molecule has 1 N–H and O–H groups in total. The highest BCUT2D eigenvalue weighted by atomic mass is 35.5. The predicted molar refractivity (Wildman–Crippen MR) is 113 cm³/mol. The quantitative estimate of drug-likeness (QED) is 0.216. The summed E-state index contributed by atoms with van der Waals surface area (Å²) < 4.78 is 11.8. The van der Waals surface area contributed by atoms with Crippen molar-refractivity contribution in [2.45, 2.75) is 5.16 Å². The molecule has 0 unspecified atom stereocenters. The molecule has 3 aromatic rings. The maximum absolute atomic E-state index is 12.2. The largest absolute Gasteiger partial charge is 0.497 e. The minimum Gasteiger partial charge on any atom is -0.497 e. The van der Waals surface area contributed by atoms with Crippen molar-refractivity contribution >= 4 is 40.1 Å². The topological polar surface area (TPSA) is 90.6 Å². The van der Waals surface area contributed by atoms with E-state index in [4.69, 9.17) is 21.1 Å². The number of methoxy groups -OCH3 is 2. The molecule has 0 bridgehead atoms. The van der Waals surface area contributed by atoms with Gasteiger partial charge in [-0.1, -0.05) is 17.7 Å². The summed E-state index contributed by atoms with van der Waals surface area (Å²) in [6, 6.07) is 14.4. The van der Waals surface area contributed by atoms with Crippen LogP contribution in [0.3, 0.4) is 0 Å². The van der Waals surface area contributed by atoms with Gasteiger partial charge in [-0.25, -0.2) is 4.79 Å². The summed E-state index contributed by atoms with van der Waals surface area (Å²) in [4.78, 5) is 12.2. The molecule has 0 radical (unpaired) electrons. The van der Waals surface area contributed by atoms with Crippen LogP contribution in [0.2, 0.25) is 5.02 Å². The summed E-state index contributed by atoms with van der Waals surface area (Å²) in [6.07, 6.45) is 0. The SMILES string of the molecule is COC(=O)C(=NNc1cccc(Cl)c1)Sc1nnc(-c2ccc(OC)cc2)n1C. The van der Waals surface area contributed by atoms with Gasteiger partial charge in [-0.3, -0.25) is 5.43 Å². The minimum absolute atomic E-state index is 0.0734. The zero-order valence-corrected chi connectivity index (χ0v) is 17.5. The van der Waals surface area contributed by atoms with Crippen molar-refractivity contribution < 1.29 is 14.3 Å². The summed E-state index contributed by atoms with van der Waals surface area (Å²) in [5.41, 5.74) is 4.30. The van der Waals surface area contributed by atoms with Gasteiger partial charge in [0.15, 0.2) is 11.0 Å². The van der Waals surface area contributed by atoms with Crippen LogP contribution in [0, 0.1) is 0 Å². The molecule has 29 heavy (non-hydrogen) atoms. The van der Waals surface area contributed by atoms with Crippen LogP contribution in [-0.2, 0) is 16.6 Å². The fraction of sp³-hybridized carbons (Fsp3) is 0.158. The summed E-state index contributed by atoms with van der Waals surface area (Å²) in [7, 11) is 4.70. The number of nitrogens with zero attached hydrogens (tertiary/aromatic N) is 4. The fourth-order valence-electron chi connectivity index (χ4n) is 2.35. The monoisotopic (exact) mass is 431 g/mol. The van der Waals surface area contributed by atoms with E-state index in [2.05, 4.69) is 20.7 Å². The lowest BCUT2D eigenvalue weighted by Gasteiger charge is -2.07. The van der Waals surface area contributed by atoms with E-state index in [0.29, 0.717) is 21.7 Å². The van der Waals surface area contributed by atoms with Gasteiger partial charge in [-0.2, -0.15) is 5.10 Å². The Labute approximate surface area is 176 Å². The Morgan fingerprint density at radius 3 is 2.59 bits per heavy atom. The number of thioether (sulfide) groups is 1. The van der Waals surface area contributed by atoms with Gasteiger partial charge in [0.1, 0.15) is 5.75 Å². The van der Waals surface area contributed by atoms with Crippen LogP contribution in [0.25, 0.3) is 11.4 Å². The van der Waals surface area contributed by atoms with Crippen molar-refractivity contribution in [3.63, 3.8) is 0 Å². The number of carbonyl (C=O) groups is 1. The van der Waals surface area contributed by atoms with Gasteiger partial charge in [-0.15, -0.1) is 10.2 Å². The molecule has 1 aromatic heterocycles. The van der Waals surface area contributed by atoms with Crippen LogP contribution in [0.5, 0.6) is 5.75 Å². The number of ether oxygens (including phenoxy) is 2. The van der Waals surface area contributed by atoms with Crippen molar-refractivity contribution in [1.82, 2.24) is 14.8 Å². The molecular formula is C19H18ClN5O3S. The molecule has 0 aliphatic rings. The van der Waals surface area contributed by atoms with Crippen LogP contribution in [0.15, 0.2) is 58.8 Å². The summed E-state index contributed by atoms with van der Waals surface area (Å²) in [5.74, 6) is 0.790. The third kappa shape index (κ3) is 5.07. The first-order valence-corrected chi connectivity index (χ1v) is 9.60. The molecule has 0 saturated carbocycles. The number of hydrogen-bond acceptors (Lipinski definition) is 8. The number of benzene rings is 2. The van der Waals surface area contributed by atoms with E-state index < -0.39 is 5.97 Å². The van der Waals surface area contributed by atoms with E-state index in [1.165, 1.54) is 7.11 Å². The molecule has 150 valence electrons. The van der Waals surface area contributed by atoms with Crippen molar-refractivity contribution in [1.29, 1.82) is 0 Å². The Morgan fingerprint density at radius 1 is 1.17 bits per heavy atom. The zero-order chi connectivity index (χ0) is 20.8. The number of halogens is 1. The number of anilines is 1. The van der Waals surface area contributed by atoms with E-state index in [1.807, 2.05) is 24.3 Å². The summed E-state index contributed by atoms with van der Waals surface area (Å²) in [5, 5.41) is 13.6. The van der Waals surface area contributed by atoms with Gasteiger partial charge in [-0.05, 0) is 54.2 Å². The average molecular weight is 432 g/mol. The number of esters is 1. The van der Waals surface area contributed by atoms with Gasteiger partial charge in [0.05, 0.1) is 19.9 Å². The number of aromatic nitrogens is 3. The third-order valence-electron chi connectivity index (χ3n) is 3.84. The van der Waals surface area contributed by atoms with Crippen molar-refractivity contribution in [3.05, 3.63) is 53.6 Å². The van der Waals surface area contributed by atoms with Crippen LogP contribution in [0.4, 0.5) is 5.69 Å².